The van der Waals surface area contributed by atoms with Crippen molar-refractivity contribution < 1.29 is 4.79 Å². The summed E-state index contributed by atoms with van der Waals surface area (Å²) in [6.07, 6.45) is 8.48. The van der Waals surface area contributed by atoms with E-state index in [-0.39, 0.29) is 5.91 Å². The third-order valence-electron chi connectivity index (χ3n) is 4.42. The second kappa shape index (κ2) is 7.60. The molecule has 1 radical (unpaired) electrons. The third-order valence-corrected chi connectivity index (χ3v) is 4.42. The fraction of sp³-hybridized carbons (Fsp3) is 0.471. The monoisotopic (exact) mass is 342 g/mol. The van der Waals surface area contributed by atoms with Crippen LogP contribution in [0.5, 0.6) is 0 Å². The molecule has 0 aliphatic carbocycles. The molecule has 2 aromatic heterocycles. The minimum atomic E-state index is -0.694. The maximum absolute atomic E-state index is 11.9. The second-order valence-corrected chi connectivity index (χ2v) is 6.07. The summed E-state index contributed by atoms with van der Waals surface area (Å²) in [4.78, 5) is 25.0. The van der Waals surface area contributed by atoms with Crippen LogP contribution in [0.25, 0.3) is 0 Å². The molecule has 0 saturated carbocycles. The normalized spacial score (nSPS) is 17.9. The molecule has 1 N–H and O–H groups in total. The van der Waals surface area contributed by atoms with Gasteiger partial charge in [0, 0.05) is 64.3 Å². The predicted molar refractivity (Wildman–Crippen MR) is 94.4 cm³/mol. The van der Waals surface area contributed by atoms with Gasteiger partial charge in [-0.1, -0.05) is 6.92 Å². The lowest BCUT2D eigenvalue weighted by molar-refractivity contribution is -0.129. The van der Waals surface area contributed by atoms with Crippen LogP contribution in [-0.2, 0) is 10.6 Å². The molecule has 3 heterocycles. The van der Waals surface area contributed by atoms with Gasteiger partial charge in [0.25, 0.3) is 0 Å². The maximum atomic E-state index is 11.9. The van der Waals surface area contributed by atoms with Crippen molar-refractivity contribution in [1.29, 1.82) is 0 Å². The van der Waals surface area contributed by atoms with Crippen molar-refractivity contribution in [2.24, 2.45) is 0 Å². The first-order valence-electron chi connectivity index (χ1n) is 8.51. The highest BCUT2D eigenvalue weighted by molar-refractivity contribution is 5.73. The van der Waals surface area contributed by atoms with Crippen molar-refractivity contribution in [2.75, 3.05) is 31.1 Å². The van der Waals surface area contributed by atoms with Gasteiger partial charge in [0.2, 0.25) is 11.9 Å². The number of piperazine rings is 1. The van der Waals surface area contributed by atoms with E-state index in [4.69, 9.17) is 0 Å². The van der Waals surface area contributed by atoms with E-state index in [1.165, 1.54) is 6.92 Å². The Bertz CT molecular complexity index is 668. The van der Waals surface area contributed by atoms with Crippen molar-refractivity contribution in [2.45, 2.75) is 25.6 Å². The molecule has 1 aliphatic heterocycles. The molecule has 0 spiro atoms. The van der Waals surface area contributed by atoms with E-state index in [1.54, 1.807) is 18.6 Å². The first-order chi connectivity index (χ1) is 12.2. The number of aromatic nitrogens is 4. The zero-order valence-electron chi connectivity index (χ0n) is 14.5. The van der Waals surface area contributed by atoms with Crippen LogP contribution in [0.15, 0.2) is 36.9 Å². The molecule has 0 aromatic carbocycles. The van der Waals surface area contributed by atoms with E-state index < -0.39 is 5.79 Å². The molecule has 1 atom stereocenters. The highest BCUT2D eigenvalue weighted by atomic mass is 16.1. The Hall–Kier alpha value is -2.48. The van der Waals surface area contributed by atoms with Crippen molar-refractivity contribution in [1.82, 2.24) is 30.0 Å². The number of rotatable bonds is 6. The lowest BCUT2D eigenvalue weighted by atomic mass is 10.1. The first-order valence-corrected chi connectivity index (χ1v) is 8.51. The summed E-state index contributed by atoms with van der Waals surface area (Å²) in [5, 5.41) is 7.53. The molecule has 0 bridgehead atoms. The highest BCUT2D eigenvalue weighted by Gasteiger charge is 2.41. The second-order valence-electron chi connectivity index (χ2n) is 6.07. The van der Waals surface area contributed by atoms with Gasteiger partial charge in [0.15, 0.2) is 5.79 Å². The van der Waals surface area contributed by atoms with E-state index in [0.29, 0.717) is 12.8 Å². The highest BCUT2D eigenvalue weighted by Crippen LogP contribution is 2.26. The maximum Gasteiger partial charge on any atom is 0.225 e. The molecule has 2 aromatic rings. The average molecular weight is 342 g/mol. The molecule has 1 saturated heterocycles. The number of hydrogen-bond acceptors (Lipinski definition) is 6. The van der Waals surface area contributed by atoms with Gasteiger partial charge in [0.1, 0.15) is 0 Å². The summed E-state index contributed by atoms with van der Waals surface area (Å²) in [5.74, 6) is -0.0398. The Morgan fingerprint density at radius 3 is 2.48 bits per heavy atom. The van der Waals surface area contributed by atoms with Gasteiger partial charge in [0.05, 0.1) is 0 Å². The Kier molecular flexibility index (Phi) is 5.28. The first kappa shape index (κ1) is 17.3. The van der Waals surface area contributed by atoms with Crippen molar-refractivity contribution in [3.8, 4) is 0 Å². The zero-order valence-corrected chi connectivity index (χ0v) is 14.5. The molecule has 3 rings (SSSR count). The molecule has 8 nitrogen and oxygen atoms in total. The average Bonchev–Trinajstić information content (AvgIpc) is 3.17. The molecule has 1 fully saturated rings. The largest absolute Gasteiger partial charge is 0.338 e. The number of carbonyl (C=O) groups excluding carboxylic acids is 1. The van der Waals surface area contributed by atoms with Crippen molar-refractivity contribution >= 4 is 11.9 Å². The molecule has 1 amide bonds. The smallest absolute Gasteiger partial charge is 0.225 e. The van der Waals surface area contributed by atoms with Gasteiger partial charge >= 0.3 is 0 Å². The Balaban J connectivity index is 1.81. The van der Waals surface area contributed by atoms with Gasteiger partial charge in [-0.05, 0) is 18.6 Å². The van der Waals surface area contributed by atoms with Gasteiger partial charge in [-0.3, -0.25) is 9.69 Å². The SMILES string of the molecule is [CH2]CCC(NC(C)=O)(N1CCN(c2ncccn2)CC1)n1cccn1. The van der Waals surface area contributed by atoms with Crippen LogP contribution >= 0.6 is 0 Å². The molecule has 8 heteroatoms. The Morgan fingerprint density at radius 2 is 1.92 bits per heavy atom. The quantitative estimate of drug-likeness (QED) is 0.839. The molecule has 133 valence electrons. The number of anilines is 1. The van der Waals surface area contributed by atoms with Crippen LogP contribution in [0.4, 0.5) is 5.95 Å². The number of nitrogens with one attached hydrogen (secondary N) is 1. The van der Waals surface area contributed by atoms with Gasteiger partial charge in [-0.15, -0.1) is 0 Å². The van der Waals surface area contributed by atoms with E-state index in [2.05, 4.69) is 37.1 Å². The van der Waals surface area contributed by atoms with E-state index in [0.717, 1.165) is 32.1 Å². The lowest BCUT2D eigenvalue weighted by Gasteiger charge is -2.47. The van der Waals surface area contributed by atoms with E-state index in [1.807, 2.05) is 23.0 Å². The van der Waals surface area contributed by atoms with Gasteiger partial charge in [-0.25, -0.2) is 14.6 Å². The summed E-state index contributed by atoms with van der Waals surface area (Å²) < 4.78 is 1.83. The number of hydrogen-bond donors (Lipinski definition) is 1. The fourth-order valence-electron chi connectivity index (χ4n) is 3.36. The molecular formula is C17H24N7O. The summed E-state index contributed by atoms with van der Waals surface area (Å²) >= 11 is 0. The minimum Gasteiger partial charge on any atom is -0.338 e. The van der Waals surface area contributed by atoms with Gasteiger partial charge < -0.3 is 10.2 Å². The Morgan fingerprint density at radius 1 is 1.20 bits per heavy atom. The Labute approximate surface area is 147 Å². The van der Waals surface area contributed by atoms with Crippen molar-refractivity contribution in [3.63, 3.8) is 0 Å². The van der Waals surface area contributed by atoms with Crippen LogP contribution in [0.3, 0.4) is 0 Å². The van der Waals surface area contributed by atoms with E-state index >= 15 is 0 Å². The zero-order chi connectivity index (χ0) is 17.7. The molecule has 25 heavy (non-hydrogen) atoms. The van der Waals surface area contributed by atoms with Crippen LogP contribution < -0.4 is 10.2 Å². The third kappa shape index (κ3) is 3.63. The number of amides is 1. The van der Waals surface area contributed by atoms with Crippen molar-refractivity contribution in [3.05, 3.63) is 43.8 Å². The van der Waals surface area contributed by atoms with Crippen LogP contribution in [0.2, 0.25) is 0 Å². The van der Waals surface area contributed by atoms with Gasteiger partial charge in [-0.2, -0.15) is 5.10 Å². The fourth-order valence-corrected chi connectivity index (χ4v) is 3.36. The molecule has 1 unspecified atom stereocenters. The number of nitrogens with zero attached hydrogens (tertiary/aromatic N) is 6. The van der Waals surface area contributed by atoms with E-state index in [9.17, 15) is 4.79 Å². The van der Waals surface area contributed by atoms with Crippen LogP contribution in [0.1, 0.15) is 19.8 Å². The topological polar surface area (TPSA) is 79.2 Å². The lowest BCUT2D eigenvalue weighted by Crippen LogP contribution is -2.65. The predicted octanol–water partition coefficient (Wildman–Crippen LogP) is 0.856. The van der Waals surface area contributed by atoms with Crippen LogP contribution in [-0.4, -0.2) is 56.7 Å². The summed E-state index contributed by atoms with van der Waals surface area (Å²) in [6.45, 7) is 8.62. The summed E-state index contributed by atoms with van der Waals surface area (Å²) in [7, 11) is 0. The summed E-state index contributed by atoms with van der Waals surface area (Å²) in [5.41, 5.74) is 0. The standard InChI is InChI=1S/C17H24N7O/c1-3-6-17(21-15(2)25,24-10-5-9-20-24)23-13-11-22(12-14-23)16-18-7-4-8-19-16/h4-5,7-10H,1,3,6,11-14H2,2H3,(H,21,25). The minimum absolute atomic E-state index is 0.0854. The number of carbonyl (C=O) groups is 1. The molecular weight excluding hydrogens is 318 g/mol. The molecule has 1 aliphatic rings. The van der Waals surface area contributed by atoms with Crippen LogP contribution in [0, 0.1) is 6.92 Å². The summed E-state index contributed by atoms with van der Waals surface area (Å²) in [6, 6.07) is 3.68.